The highest BCUT2D eigenvalue weighted by Crippen LogP contribution is 2.29. The van der Waals surface area contributed by atoms with Gasteiger partial charge in [-0.3, -0.25) is 0 Å². The second-order valence-electron chi connectivity index (χ2n) is 4.06. The zero-order valence-electron chi connectivity index (χ0n) is 9.89. The maximum Gasteiger partial charge on any atom is 0.0798 e. The van der Waals surface area contributed by atoms with Gasteiger partial charge in [0, 0.05) is 17.3 Å². The van der Waals surface area contributed by atoms with E-state index in [2.05, 4.69) is 0 Å². The molecule has 0 saturated heterocycles. The number of benzene rings is 1. The normalized spacial score (nSPS) is 14.8. The number of aliphatic hydroxyl groups excluding tert-OH is 2. The molecule has 2 N–H and O–H groups in total. The molecule has 0 aliphatic rings. The molecule has 0 bridgehead atoms. The highest BCUT2D eigenvalue weighted by atomic mass is 32.2. The zero-order valence-corrected chi connectivity index (χ0v) is 10.7. The summed E-state index contributed by atoms with van der Waals surface area (Å²) in [6.07, 6.45) is 0.348. The van der Waals surface area contributed by atoms with Crippen LogP contribution in [0.1, 0.15) is 31.9 Å². The Hall–Kier alpha value is -0.510. The van der Waals surface area contributed by atoms with Crippen LogP contribution in [0.25, 0.3) is 0 Å². The minimum Gasteiger partial charge on any atom is -0.396 e. The van der Waals surface area contributed by atoms with Gasteiger partial charge >= 0.3 is 0 Å². The van der Waals surface area contributed by atoms with Gasteiger partial charge in [0.1, 0.15) is 0 Å². The van der Waals surface area contributed by atoms with Gasteiger partial charge < -0.3 is 10.2 Å². The van der Waals surface area contributed by atoms with Crippen LogP contribution < -0.4 is 0 Å². The first-order chi connectivity index (χ1) is 7.69. The molecule has 90 valence electrons. The van der Waals surface area contributed by atoms with Crippen LogP contribution in [0.4, 0.5) is 0 Å². The van der Waals surface area contributed by atoms with Crippen molar-refractivity contribution in [3.8, 4) is 0 Å². The van der Waals surface area contributed by atoms with Crippen molar-refractivity contribution in [1.82, 2.24) is 0 Å². The van der Waals surface area contributed by atoms with E-state index in [9.17, 15) is 5.11 Å². The molecule has 0 aliphatic carbocycles. The lowest BCUT2D eigenvalue weighted by molar-refractivity contribution is 0.171. The molecule has 0 aromatic heterocycles. The van der Waals surface area contributed by atoms with Crippen molar-refractivity contribution in [3.05, 3.63) is 29.8 Å². The summed E-state index contributed by atoms with van der Waals surface area (Å²) in [5.41, 5.74) is 1.00. The first-order valence-electron chi connectivity index (χ1n) is 5.69. The average molecular weight is 240 g/mol. The lowest BCUT2D eigenvalue weighted by Crippen LogP contribution is -2.04. The van der Waals surface area contributed by atoms with Gasteiger partial charge in [0.15, 0.2) is 0 Å². The summed E-state index contributed by atoms with van der Waals surface area (Å²) < 4.78 is 0. The Morgan fingerprint density at radius 1 is 1.31 bits per heavy atom. The monoisotopic (exact) mass is 240 g/mol. The van der Waals surface area contributed by atoms with Gasteiger partial charge in [-0.05, 0) is 24.0 Å². The van der Waals surface area contributed by atoms with Crippen molar-refractivity contribution in [3.63, 3.8) is 0 Å². The van der Waals surface area contributed by atoms with E-state index in [4.69, 9.17) is 5.11 Å². The minimum atomic E-state index is -0.381. The molecule has 3 heteroatoms. The van der Waals surface area contributed by atoms with Gasteiger partial charge in [0.25, 0.3) is 0 Å². The SMILES string of the molecule is CC[C@H](O)c1ccccc1SCC(C)CO. The molecule has 16 heavy (non-hydrogen) atoms. The van der Waals surface area contributed by atoms with Crippen molar-refractivity contribution in [2.75, 3.05) is 12.4 Å². The largest absolute Gasteiger partial charge is 0.396 e. The Labute approximate surface area is 102 Å². The second kappa shape index (κ2) is 6.94. The first kappa shape index (κ1) is 13.6. The first-order valence-corrected chi connectivity index (χ1v) is 6.68. The van der Waals surface area contributed by atoms with Gasteiger partial charge in [-0.1, -0.05) is 32.0 Å². The van der Waals surface area contributed by atoms with E-state index in [1.807, 2.05) is 38.1 Å². The molecule has 0 saturated carbocycles. The Bertz CT molecular complexity index is 315. The lowest BCUT2D eigenvalue weighted by atomic mass is 10.1. The van der Waals surface area contributed by atoms with Gasteiger partial charge in [0.05, 0.1) is 6.10 Å². The molecule has 2 atom stereocenters. The summed E-state index contributed by atoms with van der Waals surface area (Å²) in [7, 11) is 0. The maximum absolute atomic E-state index is 9.87. The van der Waals surface area contributed by atoms with Gasteiger partial charge in [-0.2, -0.15) is 0 Å². The van der Waals surface area contributed by atoms with E-state index in [1.54, 1.807) is 11.8 Å². The molecule has 0 aliphatic heterocycles. The standard InChI is InChI=1S/C13H20O2S/c1-3-12(15)11-6-4-5-7-13(11)16-9-10(2)8-14/h4-7,10,12,14-15H,3,8-9H2,1-2H3/t10?,12-/m0/s1. The average Bonchev–Trinajstić information content (AvgIpc) is 2.35. The van der Waals surface area contributed by atoms with Crippen molar-refractivity contribution < 1.29 is 10.2 Å². The quantitative estimate of drug-likeness (QED) is 0.751. The van der Waals surface area contributed by atoms with Crippen molar-refractivity contribution in [2.45, 2.75) is 31.3 Å². The van der Waals surface area contributed by atoms with E-state index in [1.165, 1.54) is 0 Å². The number of hydrogen-bond acceptors (Lipinski definition) is 3. The number of aliphatic hydroxyl groups is 2. The van der Waals surface area contributed by atoms with E-state index < -0.39 is 0 Å². The van der Waals surface area contributed by atoms with E-state index in [-0.39, 0.29) is 18.6 Å². The summed E-state index contributed by atoms with van der Waals surface area (Å²) in [4.78, 5) is 1.12. The molecule has 0 fully saturated rings. The predicted molar refractivity (Wildman–Crippen MR) is 68.7 cm³/mol. The third kappa shape index (κ3) is 3.81. The molecule has 2 nitrogen and oxygen atoms in total. The molecule has 1 unspecified atom stereocenters. The van der Waals surface area contributed by atoms with E-state index >= 15 is 0 Å². The zero-order chi connectivity index (χ0) is 12.0. The number of rotatable bonds is 6. The van der Waals surface area contributed by atoms with E-state index in [0.29, 0.717) is 0 Å². The molecule has 1 aromatic carbocycles. The second-order valence-corrected chi connectivity index (χ2v) is 5.12. The molecule has 1 rings (SSSR count). The minimum absolute atomic E-state index is 0.214. The van der Waals surface area contributed by atoms with Crippen molar-refractivity contribution in [2.24, 2.45) is 5.92 Å². The van der Waals surface area contributed by atoms with Crippen LogP contribution in [0.15, 0.2) is 29.2 Å². The van der Waals surface area contributed by atoms with Crippen LogP contribution in [0.3, 0.4) is 0 Å². The van der Waals surface area contributed by atoms with Gasteiger partial charge in [-0.25, -0.2) is 0 Å². The summed E-state index contributed by atoms with van der Waals surface area (Å²) in [5, 5.41) is 18.8. The molecule has 0 spiro atoms. The fourth-order valence-electron chi connectivity index (χ4n) is 1.39. The predicted octanol–water partition coefficient (Wildman–Crippen LogP) is 2.85. The van der Waals surface area contributed by atoms with Crippen LogP contribution in [0.5, 0.6) is 0 Å². The smallest absolute Gasteiger partial charge is 0.0798 e. The third-order valence-electron chi connectivity index (χ3n) is 2.50. The Morgan fingerprint density at radius 3 is 2.62 bits per heavy atom. The van der Waals surface area contributed by atoms with Gasteiger partial charge in [0.2, 0.25) is 0 Å². The van der Waals surface area contributed by atoms with Crippen LogP contribution in [0, 0.1) is 5.92 Å². The van der Waals surface area contributed by atoms with Crippen LogP contribution in [0.2, 0.25) is 0 Å². The fourth-order valence-corrected chi connectivity index (χ4v) is 2.51. The fraction of sp³-hybridized carbons (Fsp3) is 0.538. The molecular weight excluding hydrogens is 220 g/mol. The number of hydrogen-bond donors (Lipinski definition) is 2. The summed E-state index contributed by atoms with van der Waals surface area (Å²) >= 11 is 1.70. The highest BCUT2D eigenvalue weighted by Gasteiger charge is 2.11. The molecule has 0 amide bonds. The Morgan fingerprint density at radius 2 is 2.00 bits per heavy atom. The molecule has 1 aromatic rings. The summed E-state index contributed by atoms with van der Waals surface area (Å²) in [5.74, 6) is 1.17. The highest BCUT2D eigenvalue weighted by molar-refractivity contribution is 7.99. The molecule has 0 radical (unpaired) electrons. The summed E-state index contributed by atoms with van der Waals surface area (Å²) in [6.45, 7) is 4.21. The van der Waals surface area contributed by atoms with Gasteiger partial charge in [-0.15, -0.1) is 11.8 Å². The molecular formula is C13H20O2S. The van der Waals surface area contributed by atoms with Crippen LogP contribution >= 0.6 is 11.8 Å². The maximum atomic E-state index is 9.87. The third-order valence-corrected chi connectivity index (χ3v) is 3.92. The van der Waals surface area contributed by atoms with Crippen molar-refractivity contribution in [1.29, 1.82) is 0 Å². The van der Waals surface area contributed by atoms with Crippen LogP contribution in [-0.2, 0) is 0 Å². The topological polar surface area (TPSA) is 40.5 Å². The van der Waals surface area contributed by atoms with E-state index in [0.717, 1.165) is 22.6 Å². The Balaban J connectivity index is 2.71. The van der Waals surface area contributed by atoms with Crippen molar-refractivity contribution >= 4 is 11.8 Å². The Kier molecular flexibility index (Phi) is 5.88. The lowest BCUT2D eigenvalue weighted by Gasteiger charge is -2.14. The number of thioether (sulfide) groups is 1. The van der Waals surface area contributed by atoms with Crippen LogP contribution in [-0.4, -0.2) is 22.6 Å². The molecule has 0 heterocycles. The summed E-state index contributed by atoms with van der Waals surface area (Å²) in [6, 6.07) is 7.94.